The van der Waals surface area contributed by atoms with Crippen molar-refractivity contribution in [1.82, 2.24) is 0 Å². The zero-order valence-electron chi connectivity index (χ0n) is 26.3. The molecular formula is C35H53ClO4S. The minimum atomic E-state index is 0.0110. The predicted molar refractivity (Wildman–Crippen MR) is 175 cm³/mol. The summed E-state index contributed by atoms with van der Waals surface area (Å²) in [5, 5.41) is 1.12. The molecule has 0 radical (unpaired) electrons. The Hall–Kier alpha value is -1.24. The van der Waals surface area contributed by atoms with Gasteiger partial charge in [0.15, 0.2) is 0 Å². The zero-order valence-corrected chi connectivity index (χ0v) is 27.8. The zero-order chi connectivity index (χ0) is 29.6. The van der Waals surface area contributed by atoms with Crippen molar-refractivity contribution in [2.24, 2.45) is 0 Å². The van der Waals surface area contributed by atoms with Crippen molar-refractivity contribution in [3.63, 3.8) is 0 Å². The number of methoxy groups -OCH3 is 1. The van der Waals surface area contributed by atoms with E-state index in [4.69, 9.17) is 30.5 Å². The van der Waals surface area contributed by atoms with Crippen LogP contribution in [0.1, 0.15) is 113 Å². The molecule has 0 spiro atoms. The van der Waals surface area contributed by atoms with Crippen LogP contribution in [0.4, 0.5) is 0 Å². The molecule has 4 atom stereocenters. The number of ether oxygens (including phenoxy) is 4. The third-order valence-electron chi connectivity index (χ3n) is 7.87. The van der Waals surface area contributed by atoms with E-state index in [2.05, 4.69) is 65.0 Å². The first-order valence-corrected chi connectivity index (χ1v) is 17.1. The van der Waals surface area contributed by atoms with Crippen molar-refractivity contribution in [3.05, 3.63) is 63.7 Å². The molecule has 0 unspecified atom stereocenters. The van der Waals surface area contributed by atoms with Crippen LogP contribution in [0.25, 0.3) is 0 Å². The standard InChI is InChI=1S/C35H53ClO4S/c1-7-10-17-38-24-34-35(40-19-12-9-3)32(39-18-11-8-2)23-33(41-34)29-21-28(30(36)22-31(29)37-6)20-26-13-15-27(16-14-26)25(4)5/h13-16,21-22,25,32-35H,7-12,17-20,23-24H2,1-6H3/t32-,33-,34-,35+/m1/s1. The topological polar surface area (TPSA) is 36.9 Å². The summed E-state index contributed by atoms with van der Waals surface area (Å²) < 4.78 is 25.2. The maximum atomic E-state index is 6.83. The molecule has 0 amide bonds. The van der Waals surface area contributed by atoms with Crippen LogP contribution < -0.4 is 4.74 Å². The van der Waals surface area contributed by atoms with E-state index in [0.29, 0.717) is 12.5 Å². The second-order valence-electron chi connectivity index (χ2n) is 11.5. The summed E-state index contributed by atoms with van der Waals surface area (Å²) in [6, 6.07) is 13.2. The lowest BCUT2D eigenvalue weighted by Crippen LogP contribution is -2.46. The van der Waals surface area contributed by atoms with Gasteiger partial charge in [0.05, 0.1) is 31.2 Å². The highest BCUT2D eigenvalue weighted by Gasteiger charge is 2.41. The summed E-state index contributed by atoms with van der Waals surface area (Å²) in [7, 11) is 1.74. The Labute approximate surface area is 259 Å². The van der Waals surface area contributed by atoms with Gasteiger partial charge in [-0.05, 0) is 66.8 Å². The minimum Gasteiger partial charge on any atom is -0.496 e. The lowest BCUT2D eigenvalue weighted by molar-refractivity contribution is -0.0889. The van der Waals surface area contributed by atoms with Gasteiger partial charge in [-0.3, -0.25) is 0 Å². The lowest BCUT2D eigenvalue weighted by atomic mass is 9.95. The molecule has 41 heavy (non-hydrogen) atoms. The second kappa shape index (κ2) is 18.4. The number of hydrogen-bond acceptors (Lipinski definition) is 5. The van der Waals surface area contributed by atoms with E-state index in [0.717, 1.165) is 87.5 Å². The average Bonchev–Trinajstić information content (AvgIpc) is 2.97. The van der Waals surface area contributed by atoms with Gasteiger partial charge in [0, 0.05) is 35.7 Å². The summed E-state index contributed by atoms with van der Waals surface area (Å²) in [4.78, 5) is 0. The van der Waals surface area contributed by atoms with Crippen LogP contribution in [0, 0.1) is 0 Å². The van der Waals surface area contributed by atoms with Gasteiger partial charge in [-0.25, -0.2) is 0 Å². The van der Waals surface area contributed by atoms with E-state index in [1.807, 2.05) is 17.8 Å². The van der Waals surface area contributed by atoms with Gasteiger partial charge < -0.3 is 18.9 Å². The maximum absolute atomic E-state index is 6.83. The number of halogens is 1. The second-order valence-corrected chi connectivity index (χ2v) is 13.4. The molecule has 0 bridgehead atoms. The van der Waals surface area contributed by atoms with Crippen LogP contribution in [0.3, 0.4) is 0 Å². The molecule has 0 N–H and O–H groups in total. The highest BCUT2D eigenvalue weighted by atomic mass is 35.5. The largest absolute Gasteiger partial charge is 0.496 e. The van der Waals surface area contributed by atoms with Crippen molar-refractivity contribution in [3.8, 4) is 5.75 Å². The third kappa shape index (κ3) is 10.5. The van der Waals surface area contributed by atoms with Crippen LogP contribution in [-0.4, -0.2) is 51.0 Å². The molecule has 1 aliphatic rings. The Morgan fingerprint density at radius 1 is 0.902 bits per heavy atom. The molecule has 0 aromatic heterocycles. The fraction of sp³-hybridized carbons (Fsp3) is 0.657. The molecule has 1 fully saturated rings. The summed E-state index contributed by atoms with van der Waals surface area (Å²) in [5.41, 5.74) is 4.92. The Morgan fingerprint density at radius 2 is 1.56 bits per heavy atom. The average molecular weight is 605 g/mol. The van der Waals surface area contributed by atoms with Gasteiger partial charge in [-0.1, -0.05) is 89.7 Å². The summed E-state index contributed by atoms with van der Waals surface area (Å²) in [6.45, 7) is 14.0. The van der Waals surface area contributed by atoms with Gasteiger partial charge in [-0.2, -0.15) is 0 Å². The molecule has 2 aromatic rings. The molecule has 2 aromatic carbocycles. The van der Waals surface area contributed by atoms with Crippen molar-refractivity contribution in [1.29, 1.82) is 0 Å². The fourth-order valence-corrected chi connectivity index (χ4v) is 7.11. The summed E-state index contributed by atoms with van der Waals surface area (Å²) in [6.07, 6.45) is 8.23. The number of thioether (sulfide) groups is 1. The molecule has 0 saturated carbocycles. The van der Waals surface area contributed by atoms with Crippen LogP contribution in [0.15, 0.2) is 36.4 Å². The first kappa shape index (κ1) is 34.3. The van der Waals surface area contributed by atoms with Gasteiger partial charge >= 0.3 is 0 Å². The lowest BCUT2D eigenvalue weighted by Gasteiger charge is -2.41. The minimum absolute atomic E-state index is 0.0110. The molecule has 6 heteroatoms. The van der Waals surface area contributed by atoms with Crippen molar-refractivity contribution < 1.29 is 18.9 Å². The quantitative estimate of drug-likeness (QED) is 0.158. The molecule has 230 valence electrons. The smallest absolute Gasteiger partial charge is 0.124 e. The van der Waals surface area contributed by atoms with Gasteiger partial charge in [0.1, 0.15) is 5.75 Å². The fourth-order valence-electron chi connectivity index (χ4n) is 5.25. The number of unbranched alkanes of at least 4 members (excludes halogenated alkanes) is 3. The highest BCUT2D eigenvalue weighted by molar-refractivity contribution is 8.00. The van der Waals surface area contributed by atoms with Crippen molar-refractivity contribution >= 4 is 23.4 Å². The first-order valence-electron chi connectivity index (χ1n) is 15.8. The Kier molecular flexibility index (Phi) is 15.4. The van der Waals surface area contributed by atoms with Crippen molar-refractivity contribution in [2.75, 3.05) is 33.5 Å². The van der Waals surface area contributed by atoms with Gasteiger partial charge in [-0.15, -0.1) is 11.8 Å². The number of benzene rings is 2. The molecule has 4 nitrogen and oxygen atoms in total. The Balaban J connectivity index is 1.90. The van der Waals surface area contributed by atoms with Crippen LogP contribution >= 0.6 is 23.4 Å². The number of rotatable bonds is 18. The molecule has 3 rings (SSSR count). The van der Waals surface area contributed by atoms with Crippen LogP contribution in [-0.2, 0) is 20.6 Å². The van der Waals surface area contributed by atoms with E-state index in [1.54, 1.807) is 7.11 Å². The van der Waals surface area contributed by atoms with E-state index in [-0.39, 0.29) is 22.7 Å². The third-order valence-corrected chi connectivity index (χ3v) is 9.75. The van der Waals surface area contributed by atoms with E-state index in [9.17, 15) is 0 Å². The van der Waals surface area contributed by atoms with E-state index >= 15 is 0 Å². The van der Waals surface area contributed by atoms with Crippen LogP contribution in [0.2, 0.25) is 5.02 Å². The van der Waals surface area contributed by atoms with Gasteiger partial charge in [0.2, 0.25) is 0 Å². The molecule has 0 aliphatic carbocycles. The van der Waals surface area contributed by atoms with Gasteiger partial charge in [0.25, 0.3) is 0 Å². The Morgan fingerprint density at radius 3 is 2.20 bits per heavy atom. The van der Waals surface area contributed by atoms with E-state index < -0.39 is 0 Å². The molecule has 1 saturated heterocycles. The summed E-state index contributed by atoms with van der Waals surface area (Å²) >= 11 is 8.79. The van der Waals surface area contributed by atoms with Crippen molar-refractivity contribution in [2.45, 2.75) is 115 Å². The SMILES string of the molecule is CCCCOC[C@H]1S[C@@H](c2cc(Cc3ccc(C(C)C)cc3)c(Cl)cc2OC)C[C@@H](OCCCC)[C@@H]1OCCCC. The predicted octanol–water partition coefficient (Wildman–Crippen LogP) is 9.80. The normalized spacial score (nSPS) is 21.0. The highest BCUT2D eigenvalue weighted by Crippen LogP contribution is 2.48. The first-order chi connectivity index (χ1) is 19.9. The number of hydrogen-bond donors (Lipinski definition) is 0. The van der Waals surface area contributed by atoms with Crippen LogP contribution in [0.5, 0.6) is 5.75 Å². The van der Waals surface area contributed by atoms with E-state index in [1.165, 1.54) is 16.7 Å². The maximum Gasteiger partial charge on any atom is 0.124 e. The molecule has 1 aliphatic heterocycles. The monoisotopic (exact) mass is 604 g/mol. The molecular weight excluding hydrogens is 552 g/mol. The summed E-state index contributed by atoms with van der Waals surface area (Å²) in [5.74, 6) is 1.36. The Bertz CT molecular complexity index is 1010. The molecule has 1 heterocycles.